The number of rotatable bonds is 3. The maximum absolute atomic E-state index is 11.8. The molecule has 0 aliphatic carbocycles. The van der Waals surface area contributed by atoms with Crippen molar-refractivity contribution >= 4 is 32.5 Å². The number of benzene rings is 2. The largest absolute Gasteiger partial charge is 0.325 e. The molecule has 2 aromatic carbocycles. The maximum atomic E-state index is 11.8. The number of hydrogen-bond acceptors (Lipinski definition) is 3. The van der Waals surface area contributed by atoms with E-state index in [1.54, 1.807) is 38.1 Å². The van der Waals surface area contributed by atoms with Crippen LogP contribution in [0.4, 0.5) is 5.69 Å². The topological polar surface area (TPSA) is 83.5 Å². The van der Waals surface area contributed by atoms with E-state index in [9.17, 15) is 17.8 Å². The van der Waals surface area contributed by atoms with Crippen LogP contribution < -0.4 is 5.32 Å². The second-order valence-electron chi connectivity index (χ2n) is 4.78. The smallest absolute Gasteiger partial charge is 0.295 e. The highest BCUT2D eigenvalue weighted by Gasteiger charge is 2.16. The summed E-state index contributed by atoms with van der Waals surface area (Å²) in [5, 5.41) is 3.69. The first-order chi connectivity index (χ1) is 9.30. The third-order valence-corrected chi connectivity index (χ3v) is 3.85. The number of anilines is 1. The summed E-state index contributed by atoms with van der Waals surface area (Å²) in [6.45, 7) is 3.54. The third-order valence-electron chi connectivity index (χ3n) is 2.94. The van der Waals surface area contributed by atoms with Gasteiger partial charge < -0.3 is 5.32 Å². The van der Waals surface area contributed by atoms with Gasteiger partial charge in [-0.1, -0.05) is 38.1 Å². The van der Waals surface area contributed by atoms with Crippen molar-refractivity contribution in [2.45, 2.75) is 18.7 Å². The number of fused-ring (bicyclic) bond motifs is 1. The van der Waals surface area contributed by atoms with Gasteiger partial charge in [-0.2, -0.15) is 8.42 Å². The minimum atomic E-state index is -4.30. The standard InChI is InChI=1S/C14H15NO4S/c1-9(2)14(16)15-12-7-3-6-11-10(12)5-4-8-13(11)20(17,18)19/h3-9H,1-2H3,(H,15,16)(H,17,18,19). The Morgan fingerprint density at radius 2 is 1.70 bits per heavy atom. The molecule has 0 unspecified atom stereocenters. The number of carbonyl (C=O) groups excluding carboxylic acids is 1. The highest BCUT2D eigenvalue weighted by molar-refractivity contribution is 7.86. The monoisotopic (exact) mass is 293 g/mol. The van der Waals surface area contributed by atoms with E-state index in [1.165, 1.54) is 12.1 Å². The van der Waals surface area contributed by atoms with E-state index in [0.717, 1.165) is 0 Å². The number of carbonyl (C=O) groups is 1. The highest BCUT2D eigenvalue weighted by Crippen LogP contribution is 2.28. The van der Waals surface area contributed by atoms with Gasteiger partial charge in [-0.05, 0) is 12.1 Å². The number of amides is 1. The van der Waals surface area contributed by atoms with E-state index in [1.807, 2.05) is 0 Å². The molecular weight excluding hydrogens is 278 g/mol. The first kappa shape index (κ1) is 14.5. The van der Waals surface area contributed by atoms with Crippen LogP contribution in [0.5, 0.6) is 0 Å². The summed E-state index contributed by atoms with van der Waals surface area (Å²) in [4.78, 5) is 11.6. The SMILES string of the molecule is CC(C)C(=O)Nc1cccc2c(S(=O)(=O)O)cccc12. The van der Waals surface area contributed by atoms with Crippen LogP contribution in [0.2, 0.25) is 0 Å². The van der Waals surface area contributed by atoms with Gasteiger partial charge in [0, 0.05) is 22.4 Å². The van der Waals surface area contributed by atoms with Crippen LogP contribution in [-0.4, -0.2) is 18.9 Å². The van der Waals surface area contributed by atoms with Crippen molar-refractivity contribution in [3.8, 4) is 0 Å². The van der Waals surface area contributed by atoms with E-state index < -0.39 is 10.1 Å². The van der Waals surface area contributed by atoms with Gasteiger partial charge >= 0.3 is 0 Å². The molecule has 2 N–H and O–H groups in total. The van der Waals surface area contributed by atoms with Crippen LogP contribution in [0.25, 0.3) is 10.8 Å². The zero-order valence-corrected chi connectivity index (χ0v) is 11.9. The van der Waals surface area contributed by atoms with Crippen LogP contribution in [0.3, 0.4) is 0 Å². The van der Waals surface area contributed by atoms with E-state index in [2.05, 4.69) is 5.32 Å². The van der Waals surface area contributed by atoms with Gasteiger partial charge in [0.25, 0.3) is 10.1 Å². The van der Waals surface area contributed by atoms with Crippen molar-refractivity contribution in [2.75, 3.05) is 5.32 Å². The van der Waals surface area contributed by atoms with Gasteiger partial charge in [0.15, 0.2) is 0 Å². The number of nitrogens with one attached hydrogen (secondary N) is 1. The Morgan fingerprint density at radius 3 is 2.30 bits per heavy atom. The number of hydrogen-bond donors (Lipinski definition) is 2. The molecular formula is C14H15NO4S. The maximum Gasteiger partial charge on any atom is 0.295 e. The summed E-state index contributed by atoms with van der Waals surface area (Å²) in [6.07, 6.45) is 0. The van der Waals surface area contributed by atoms with Crippen molar-refractivity contribution in [2.24, 2.45) is 5.92 Å². The average Bonchev–Trinajstić information content (AvgIpc) is 2.37. The van der Waals surface area contributed by atoms with Gasteiger partial charge in [-0.3, -0.25) is 9.35 Å². The lowest BCUT2D eigenvalue weighted by molar-refractivity contribution is -0.118. The van der Waals surface area contributed by atoms with E-state index in [4.69, 9.17) is 0 Å². The Bertz CT molecular complexity index is 766. The zero-order valence-electron chi connectivity index (χ0n) is 11.1. The van der Waals surface area contributed by atoms with Crippen LogP contribution in [0.15, 0.2) is 41.3 Å². The summed E-state index contributed by atoms with van der Waals surface area (Å²) in [6, 6.07) is 9.45. The molecule has 0 fully saturated rings. The molecule has 0 spiro atoms. The van der Waals surface area contributed by atoms with Crippen LogP contribution >= 0.6 is 0 Å². The molecule has 0 aliphatic rings. The van der Waals surface area contributed by atoms with Crippen molar-refractivity contribution < 1.29 is 17.8 Å². The molecule has 0 saturated heterocycles. The lowest BCUT2D eigenvalue weighted by Crippen LogP contribution is -2.17. The zero-order chi connectivity index (χ0) is 14.9. The highest BCUT2D eigenvalue weighted by atomic mass is 32.2. The Hall–Kier alpha value is -1.92. The third kappa shape index (κ3) is 2.81. The van der Waals surface area contributed by atoms with Crippen LogP contribution in [0, 0.1) is 5.92 Å². The summed E-state index contributed by atoms with van der Waals surface area (Å²) in [7, 11) is -4.30. The first-order valence-corrected chi connectivity index (χ1v) is 7.55. The van der Waals surface area contributed by atoms with Crippen molar-refractivity contribution in [3.63, 3.8) is 0 Å². The van der Waals surface area contributed by atoms with Gasteiger partial charge in [-0.15, -0.1) is 0 Å². The lowest BCUT2D eigenvalue weighted by Gasteiger charge is -2.11. The summed E-state index contributed by atoms with van der Waals surface area (Å²) < 4.78 is 31.9. The second kappa shape index (κ2) is 5.22. The average molecular weight is 293 g/mol. The molecule has 0 aliphatic heterocycles. The molecule has 6 heteroatoms. The Kier molecular flexibility index (Phi) is 3.78. The molecule has 0 atom stereocenters. The predicted molar refractivity (Wildman–Crippen MR) is 77.2 cm³/mol. The normalized spacial score (nSPS) is 11.8. The van der Waals surface area contributed by atoms with E-state index in [0.29, 0.717) is 16.5 Å². The quantitative estimate of drug-likeness (QED) is 0.852. The molecule has 0 aromatic heterocycles. The predicted octanol–water partition coefficient (Wildman–Crippen LogP) is 2.68. The summed E-state index contributed by atoms with van der Waals surface area (Å²) >= 11 is 0. The molecule has 0 heterocycles. The van der Waals surface area contributed by atoms with Crippen LogP contribution in [-0.2, 0) is 14.9 Å². The summed E-state index contributed by atoms with van der Waals surface area (Å²) in [5.41, 5.74) is 0.520. The minimum Gasteiger partial charge on any atom is -0.325 e. The molecule has 0 radical (unpaired) electrons. The molecule has 2 aromatic rings. The fourth-order valence-electron chi connectivity index (χ4n) is 1.89. The van der Waals surface area contributed by atoms with Crippen LogP contribution in [0.1, 0.15) is 13.8 Å². The molecule has 5 nitrogen and oxygen atoms in total. The molecule has 20 heavy (non-hydrogen) atoms. The molecule has 106 valence electrons. The van der Waals surface area contributed by atoms with Gasteiger partial charge in [0.05, 0.1) is 0 Å². The Morgan fingerprint density at radius 1 is 1.10 bits per heavy atom. The lowest BCUT2D eigenvalue weighted by atomic mass is 10.1. The first-order valence-electron chi connectivity index (χ1n) is 6.11. The fraction of sp³-hybridized carbons (Fsp3) is 0.214. The Labute approximate surface area is 117 Å². The molecule has 0 saturated carbocycles. The van der Waals surface area contributed by atoms with Gasteiger partial charge in [0.1, 0.15) is 4.90 Å². The molecule has 1 amide bonds. The van der Waals surface area contributed by atoms with Crippen molar-refractivity contribution in [1.29, 1.82) is 0 Å². The van der Waals surface area contributed by atoms with E-state index in [-0.39, 0.29) is 16.7 Å². The van der Waals surface area contributed by atoms with Gasteiger partial charge in [-0.25, -0.2) is 0 Å². The van der Waals surface area contributed by atoms with Crippen molar-refractivity contribution in [3.05, 3.63) is 36.4 Å². The van der Waals surface area contributed by atoms with Crippen molar-refractivity contribution in [1.82, 2.24) is 0 Å². The van der Waals surface area contributed by atoms with E-state index >= 15 is 0 Å². The second-order valence-corrected chi connectivity index (χ2v) is 6.17. The molecule has 2 rings (SSSR count). The Balaban J connectivity index is 2.63. The molecule has 0 bridgehead atoms. The fourth-order valence-corrected chi connectivity index (χ4v) is 2.60. The summed E-state index contributed by atoms with van der Waals surface area (Å²) in [5.74, 6) is -0.343. The minimum absolute atomic E-state index is 0.158. The van der Waals surface area contributed by atoms with Gasteiger partial charge in [0.2, 0.25) is 5.91 Å².